The first-order valence-corrected chi connectivity index (χ1v) is 7.43. The molecule has 2 aliphatic carbocycles. The first kappa shape index (κ1) is 14.2. The average molecular weight is 312 g/mol. The molecule has 1 saturated heterocycles. The molecule has 4 rings (SSSR count). The van der Waals surface area contributed by atoms with Gasteiger partial charge in [0.05, 0.1) is 18.8 Å². The zero-order valence-electron chi connectivity index (χ0n) is 11.8. The molecular weight excluding hydrogens is 297 g/mol. The van der Waals surface area contributed by atoms with Crippen LogP contribution in [0.15, 0.2) is 18.2 Å². The molecule has 1 aromatic carbocycles. The Bertz CT molecular complexity index is 632. The predicted octanol–water partition coefficient (Wildman–Crippen LogP) is 3.53. The van der Waals surface area contributed by atoms with Gasteiger partial charge in [-0.3, -0.25) is 4.79 Å². The van der Waals surface area contributed by atoms with Gasteiger partial charge in [-0.1, -0.05) is 6.07 Å². The van der Waals surface area contributed by atoms with E-state index in [2.05, 4.69) is 0 Å². The highest BCUT2D eigenvalue weighted by Gasteiger charge is 2.52. The van der Waals surface area contributed by atoms with Gasteiger partial charge >= 0.3 is 6.18 Å². The lowest BCUT2D eigenvalue weighted by molar-refractivity contribution is -0.185. The minimum atomic E-state index is -4.39. The monoisotopic (exact) mass is 312 g/mol. The van der Waals surface area contributed by atoms with E-state index in [0.29, 0.717) is 43.6 Å². The number of benzene rings is 1. The largest absolute Gasteiger partial charge is 0.416 e. The number of halogens is 3. The van der Waals surface area contributed by atoms with Crippen LogP contribution in [0.4, 0.5) is 13.2 Å². The summed E-state index contributed by atoms with van der Waals surface area (Å²) in [6.45, 7) is 1.02. The number of fused-ring (bicyclic) bond motifs is 3. The molecule has 1 heterocycles. The standard InChI is InChI=1S/C16H15F3O3/c17-16(18,19)9-1-2-11-12(7-9)10-3-4-15(21-5-6-22-15)8-13(10)14(11)20/h1-2,7,10,13H,3-6,8H2. The van der Waals surface area contributed by atoms with Crippen molar-refractivity contribution in [3.63, 3.8) is 0 Å². The maximum atomic E-state index is 12.9. The Morgan fingerprint density at radius 3 is 2.55 bits per heavy atom. The molecule has 2 unspecified atom stereocenters. The third kappa shape index (κ3) is 2.01. The molecule has 3 nitrogen and oxygen atoms in total. The Hall–Kier alpha value is -1.40. The summed E-state index contributed by atoms with van der Waals surface area (Å²) < 4.78 is 50.0. The summed E-state index contributed by atoms with van der Waals surface area (Å²) in [4.78, 5) is 12.5. The van der Waals surface area contributed by atoms with Crippen LogP contribution in [0.5, 0.6) is 0 Å². The average Bonchev–Trinajstić information content (AvgIpc) is 3.03. The molecule has 1 aromatic rings. The molecule has 1 spiro atoms. The predicted molar refractivity (Wildman–Crippen MR) is 70.5 cm³/mol. The molecule has 2 fully saturated rings. The van der Waals surface area contributed by atoms with Crippen LogP contribution in [0.25, 0.3) is 0 Å². The van der Waals surface area contributed by atoms with Crippen LogP contribution in [-0.4, -0.2) is 24.8 Å². The highest BCUT2D eigenvalue weighted by Crippen LogP contribution is 2.52. The summed E-state index contributed by atoms with van der Waals surface area (Å²) in [6.07, 6.45) is -2.71. The van der Waals surface area contributed by atoms with Gasteiger partial charge in [0.15, 0.2) is 11.6 Å². The van der Waals surface area contributed by atoms with Crippen LogP contribution in [0.3, 0.4) is 0 Å². The zero-order valence-corrected chi connectivity index (χ0v) is 11.8. The number of ether oxygens (including phenoxy) is 2. The van der Waals surface area contributed by atoms with E-state index in [1.807, 2.05) is 0 Å². The van der Waals surface area contributed by atoms with Gasteiger partial charge in [-0.2, -0.15) is 13.2 Å². The van der Waals surface area contributed by atoms with E-state index in [4.69, 9.17) is 9.47 Å². The van der Waals surface area contributed by atoms with Crippen molar-refractivity contribution in [2.24, 2.45) is 5.92 Å². The summed E-state index contributed by atoms with van der Waals surface area (Å²) in [5.41, 5.74) is 0.282. The third-order valence-corrected chi connectivity index (χ3v) is 5.05. The lowest BCUT2D eigenvalue weighted by atomic mass is 9.76. The fourth-order valence-corrected chi connectivity index (χ4v) is 4.03. The lowest BCUT2D eigenvalue weighted by Crippen LogP contribution is -2.39. The zero-order chi connectivity index (χ0) is 15.5. The summed E-state index contributed by atoms with van der Waals surface area (Å²) in [5.74, 6) is -1.26. The molecule has 1 aliphatic heterocycles. The first-order valence-electron chi connectivity index (χ1n) is 7.43. The molecule has 3 aliphatic rings. The van der Waals surface area contributed by atoms with E-state index in [0.717, 1.165) is 12.1 Å². The van der Waals surface area contributed by atoms with Crippen molar-refractivity contribution in [2.75, 3.05) is 13.2 Å². The Balaban J connectivity index is 1.69. The van der Waals surface area contributed by atoms with Gasteiger partial charge in [0.25, 0.3) is 0 Å². The van der Waals surface area contributed by atoms with Crippen molar-refractivity contribution < 1.29 is 27.4 Å². The summed E-state index contributed by atoms with van der Waals surface area (Å²) in [6, 6.07) is 3.46. The van der Waals surface area contributed by atoms with E-state index in [1.54, 1.807) is 0 Å². The van der Waals surface area contributed by atoms with E-state index in [-0.39, 0.29) is 17.6 Å². The molecule has 0 radical (unpaired) electrons. The molecule has 0 aromatic heterocycles. The first-order chi connectivity index (χ1) is 10.4. The number of rotatable bonds is 0. The molecule has 118 valence electrons. The van der Waals surface area contributed by atoms with E-state index < -0.39 is 17.5 Å². The highest BCUT2D eigenvalue weighted by molar-refractivity contribution is 6.03. The maximum Gasteiger partial charge on any atom is 0.416 e. The molecule has 22 heavy (non-hydrogen) atoms. The van der Waals surface area contributed by atoms with E-state index >= 15 is 0 Å². The number of hydrogen-bond acceptors (Lipinski definition) is 3. The quantitative estimate of drug-likeness (QED) is 0.735. The molecule has 2 atom stereocenters. The fraction of sp³-hybridized carbons (Fsp3) is 0.562. The number of hydrogen-bond donors (Lipinski definition) is 0. The van der Waals surface area contributed by atoms with E-state index in [9.17, 15) is 18.0 Å². The number of carbonyl (C=O) groups excluding carboxylic acids is 1. The number of ketones is 1. The van der Waals surface area contributed by atoms with Gasteiger partial charge in [-0.25, -0.2) is 0 Å². The topological polar surface area (TPSA) is 35.5 Å². The molecule has 1 saturated carbocycles. The van der Waals surface area contributed by atoms with Crippen LogP contribution >= 0.6 is 0 Å². The van der Waals surface area contributed by atoms with Crippen LogP contribution in [0.2, 0.25) is 0 Å². The second kappa shape index (κ2) is 4.55. The fourth-order valence-electron chi connectivity index (χ4n) is 4.03. The second-order valence-electron chi connectivity index (χ2n) is 6.23. The Morgan fingerprint density at radius 1 is 1.14 bits per heavy atom. The highest BCUT2D eigenvalue weighted by atomic mass is 19.4. The van der Waals surface area contributed by atoms with Gasteiger partial charge in [-0.05, 0) is 30.0 Å². The van der Waals surface area contributed by atoms with Crippen LogP contribution < -0.4 is 0 Å². The van der Waals surface area contributed by atoms with Gasteiger partial charge in [-0.15, -0.1) is 0 Å². The molecule has 0 bridgehead atoms. The van der Waals surface area contributed by atoms with E-state index in [1.165, 1.54) is 6.07 Å². The summed E-state index contributed by atoms with van der Waals surface area (Å²) >= 11 is 0. The van der Waals surface area contributed by atoms with Crippen LogP contribution in [0, 0.1) is 5.92 Å². The van der Waals surface area contributed by atoms with Gasteiger partial charge < -0.3 is 9.47 Å². The molecule has 6 heteroatoms. The van der Waals surface area contributed by atoms with Crippen molar-refractivity contribution in [3.8, 4) is 0 Å². The van der Waals surface area contributed by atoms with Crippen molar-refractivity contribution in [1.82, 2.24) is 0 Å². The second-order valence-corrected chi connectivity index (χ2v) is 6.23. The molecule has 0 amide bonds. The SMILES string of the molecule is O=C1c2ccc(C(F)(F)F)cc2C2CCC3(CC12)OCCO3. The third-order valence-electron chi connectivity index (χ3n) is 5.05. The Labute approximate surface area is 125 Å². The lowest BCUT2D eigenvalue weighted by Gasteiger charge is -2.37. The number of alkyl halides is 3. The van der Waals surface area contributed by atoms with Crippen LogP contribution in [0.1, 0.15) is 46.7 Å². The summed E-state index contributed by atoms with van der Waals surface area (Å²) in [7, 11) is 0. The smallest absolute Gasteiger partial charge is 0.348 e. The van der Waals surface area contributed by atoms with Crippen LogP contribution in [-0.2, 0) is 15.7 Å². The van der Waals surface area contributed by atoms with Crippen molar-refractivity contribution in [2.45, 2.75) is 37.1 Å². The maximum absolute atomic E-state index is 12.9. The number of Topliss-reactive ketones (excluding diaryl/α,β-unsaturated/α-hetero) is 1. The minimum absolute atomic E-state index is 0.0769. The Morgan fingerprint density at radius 2 is 1.86 bits per heavy atom. The van der Waals surface area contributed by atoms with Gasteiger partial charge in [0.1, 0.15) is 0 Å². The van der Waals surface area contributed by atoms with Crippen molar-refractivity contribution >= 4 is 5.78 Å². The summed E-state index contributed by atoms with van der Waals surface area (Å²) in [5, 5.41) is 0. The normalized spacial score (nSPS) is 29.7. The van der Waals surface area contributed by atoms with Crippen molar-refractivity contribution in [3.05, 3.63) is 34.9 Å². The minimum Gasteiger partial charge on any atom is -0.348 e. The number of carbonyl (C=O) groups is 1. The molecule has 0 N–H and O–H groups in total. The van der Waals surface area contributed by atoms with Gasteiger partial charge in [0, 0.05) is 24.3 Å². The Kier molecular flexibility index (Phi) is 2.94. The van der Waals surface area contributed by atoms with Gasteiger partial charge in [0.2, 0.25) is 0 Å². The van der Waals surface area contributed by atoms with Crippen molar-refractivity contribution in [1.29, 1.82) is 0 Å². The molecular formula is C16H15F3O3.